The highest BCUT2D eigenvalue weighted by Crippen LogP contribution is 2.28. The third-order valence-corrected chi connectivity index (χ3v) is 3.86. The van der Waals surface area contributed by atoms with Gasteiger partial charge in [0.2, 0.25) is 0 Å². The molecule has 4 heteroatoms. The number of ether oxygens (including phenoxy) is 1. The number of esters is 1. The highest BCUT2D eigenvalue weighted by Gasteiger charge is 2.16. The molecule has 19 heavy (non-hydrogen) atoms. The summed E-state index contributed by atoms with van der Waals surface area (Å²) < 4.78 is 4.73. The van der Waals surface area contributed by atoms with Gasteiger partial charge in [-0.25, -0.2) is 4.79 Å². The number of aromatic nitrogens is 1. The van der Waals surface area contributed by atoms with Crippen molar-refractivity contribution in [3.05, 3.63) is 35.5 Å². The smallest absolute Gasteiger partial charge is 0.354 e. The minimum Gasteiger partial charge on any atom is -0.464 e. The van der Waals surface area contributed by atoms with E-state index in [0.29, 0.717) is 11.6 Å². The lowest BCUT2D eigenvalue weighted by Gasteiger charge is -2.22. The zero-order chi connectivity index (χ0) is 13.2. The number of aromatic amines is 1. The molecule has 0 bridgehead atoms. The number of nitrogens with one attached hydrogen (secondary N) is 2. The Kier molecular flexibility index (Phi) is 3.25. The van der Waals surface area contributed by atoms with Crippen LogP contribution in [0.4, 0.5) is 0 Å². The molecule has 1 fully saturated rings. The molecule has 1 aliphatic heterocycles. The van der Waals surface area contributed by atoms with Crippen LogP contribution in [0.25, 0.3) is 10.9 Å². The van der Waals surface area contributed by atoms with Crippen LogP contribution in [0.5, 0.6) is 0 Å². The molecule has 0 unspecified atom stereocenters. The summed E-state index contributed by atoms with van der Waals surface area (Å²) >= 11 is 0. The molecule has 2 N–H and O–H groups in total. The molecule has 0 saturated carbocycles. The topological polar surface area (TPSA) is 54.1 Å². The zero-order valence-electron chi connectivity index (χ0n) is 11.0. The predicted octanol–water partition coefficient (Wildman–Crippen LogP) is 2.42. The first-order valence-electron chi connectivity index (χ1n) is 6.69. The van der Waals surface area contributed by atoms with Crippen LogP contribution in [0.15, 0.2) is 24.3 Å². The Morgan fingerprint density at radius 2 is 2.05 bits per heavy atom. The maximum absolute atomic E-state index is 11.5. The summed E-state index contributed by atoms with van der Waals surface area (Å²) in [5, 5.41) is 4.43. The summed E-state index contributed by atoms with van der Waals surface area (Å²) in [6, 6.07) is 8.26. The standard InChI is InChI=1S/C15H18N2O2/c1-19-15(18)14-9-12-3-2-11(8-13(12)17-14)10-4-6-16-7-5-10/h2-3,8-10,16-17H,4-7H2,1H3. The summed E-state index contributed by atoms with van der Waals surface area (Å²) in [5.41, 5.74) is 2.88. The molecule has 3 rings (SSSR count). The van der Waals surface area contributed by atoms with Crippen molar-refractivity contribution in [2.75, 3.05) is 20.2 Å². The van der Waals surface area contributed by atoms with Gasteiger partial charge in [0.1, 0.15) is 5.69 Å². The van der Waals surface area contributed by atoms with Crippen LogP contribution in [0.3, 0.4) is 0 Å². The first kappa shape index (κ1) is 12.2. The highest BCUT2D eigenvalue weighted by atomic mass is 16.5. The van der Waals surface area contributed by atoms with Crippen molar-refractivity contribution in [1.29, 1.82) is 0 Å². The third kappa shape index (κ3) is 2.36. The molecule has 2 heterocycles. The molecule has 0 atom stereocenters. The van der Waals surface area contributed by atoms with E-state index >= 15 is 0 Å². The maximum atomic E-state index is 11.5. The summed E-state index contributed by atoms with van der Waals surface area (Å²) in [5.74, 6) is 0.301. The fraction of sp³-hybridized carbons (Fsp3) is 0.400. The van der Waals surface area contributed by atoms with E-state index < -0.39 is 0 Å². The van der Waals surface area contributed by atoms with Gasteiger partial charge in [-0.2, -0.15) is 0 Å². The summed E-state index contributed by atoms with van der Waals surface area (Å²) in [6.07, 6.45) is 2.35. The molecule has 100 valence electrons. The number of fused-ring (bicyclic) bond motifs is 1. The average Bonchev–Trinajstić information content (AvgIpc) is 2.90. The molecule has 0 spiro atoms. The minimum absolute atomic E-state index is 0.320. The maximum Gasteiger partial charge on any atom is 0.354 e. The van der Waals surface area contributed by atoms with Gasteiger partial charge in [0.05, 0.1) is 7.11 Å². The lowest BCUT2D eigenvalue weighted by Crippen LogP contribution is -2.26. The van der Waals surface area contributed by atoms with Gasteiger partial charge in [0.15, 0.2) is 0 Å². The largest absolute Gasteiger partial charge is 0.464 e. The fourth-order valence-electron chi connectivity index (χ4n) is 2.77. The number of carbonyl (C=O) groups excluding carboxylic acids is 1. The molecule has 0 amide bonds. The van der Waals surface area contributed by atoms with Crippen LogP contribution >= 0.6 is 0 Å². The molecule has 1 saturated heterocycles. The predicted molar refractivity (Wildman–Crippen MR) is 74.5 cm³/mol. The normalized spacial score (nSPS) is 16.7. The molecule has 4 nitrogen and oxygen atoms in total. The minimum atomic E-state index is -0.320. The van der Waals surface area contributed by atoms with Crippen molar-refractivity contribution in [2.45, 2.75) is 18.8 Å². The van der Waals surface area contributed by atoms with E-state index in [1.54, 1.807) is 0 Å². The van der Waals surface area contributed by atoms with Crippen LogP contribution in [0.1, 0.15) is 34.8 Å². The summed E-state index contributed by atoms with van der Waals surface area (Å²) in [7, 11) is 1.40. The number of rotatable bonds is 2. The van der Waals surface area contributed by atoms with Crippen LogP contribution in [-0.2, 0) is 4.74 Å². The second kappa shape index (κ2) is 5.05. The van der Waals surface area contributed by atoms with Gasteiger partial charge in [-0.3, -0.25) is 0 Å². The molecule has 1 aromatic heterocycles. The van der Waals surface area contributed by atoms with Gasteiger partial charge in [0, 0.05) is 10.9 Å². The van der Waals surface area contributed by atoms with Crippen molar-refractivity contribution >= 4 is 16.9 Å². The van der Waals surface area contributed by atoms with Crippen LogP contribution < -0.4 is 5.32 Å². The first-order valence-corrected chi connectivity index (χ1v) is 6.69. The summed E-state index contributed by atoms with van der Waals surface area (Å²) in [4.78, 5) is 14.6. The van der Waals surface area contributed by atoms with Crippen LogP contribution in [-0.4, -0.2) is 31.2 Å². The van der Waals surface area contributed by atoms with Crippen molar-refractivity contribution in [2.24, 2.45) is 0 Å². The van der Waals surface area contributed by atoms with E-state index in [2.05, 4.69) is 28.5 Å². The van der Waals surface area contributed by atoms with Gasteiger partial charge in [0.25, 0.3) is 0 Å². The lowest BCUT2D eigenvalue weighted by atomic mass is 9.90. The Hall–Kier alpha value is -1.81. The Morgan fingerprint density at radius 3 is 2.79 bits per heavy atom. The van der Waals surface area contributed by atoms with E-state index in [9.17, 15) is 4.79 Å². The van der Waals surface area contributed by atoms with Crippen molar-refractivity contribution < 1.29 is 9.53 Å². The van der Waals surface area contributed by atoms with Crippen molar-refractivity contribution in [1.82, 2.24) is 10.3 Å². The molecular formula is C15H18N2O2. The highest BCUT2D eigenvalue weighted by molar-refractivity contribution is 5.94. The number of hydrogen-bond donors (Lipinski definition) is 2. The van der Waals surface area contributed by atoms with Crippen LogP contribution in [0, 0.1) is 0 Å². The zero-order valence-corrected chi connectivity index (χ0v) is 11.0. The number of benzene rings is 1. The van der Waals surface area contributed by atoms with Gasteiger partial charge in [-0.1, -0.05) is 12.1 Å². The number of piperidine rings is 1. The Labute approximate surface area is 112 Å². The Balaban J connectivity index is 1.93. The SMILES string of the molecule is COC(=O)c1cc2ccc(C3CCNCC3)cc2[nH]1. The van der Waals surface area contributed by atoms with Crippen molar-refractivity contribution in [3.8, 4) is 0 Å². The molecule has 1 aliphatic rings. The van der Waals surface area contributed by atoms with E-state index in [-0.39, 0.29) is 5.97 Å². The quantitative estimate of drug-likeness (QED) is 0.813. The first-order chi connectivity index (χ1) is 9.28. The lowest BCUT2D eigenvalue weighted by molar-refractivity contribution is 0.0595. The molecular weight excluding hydrogens is 240 g/mol. The van der Waals surface area contributed by atoms with Gasteiger partial charge >= 0.3 is 5.97 Å². The number of hydrogen-bond acceptors (Lipinski definition) is 3. The molecule has 0 aliphatic carbocycles. The molecule has 1 aromatic carbocycles. The third-order valence-electron chi connectivity index (χ3n) is 3.86. The van der Waals surface area contributed by atoms with E-state index in [1.165, 1.54) is 25.5 Å². The average molecular weight is 258 g/mol. The van der Waals surface area contributed by atoms with Crippen molar-refractivity contribution in [3.63, 3.8) is 0 Å². The molecule has 2 aromatic rings. The second-order valence-electron chi connectivity index (χ2n) is 5.05. The monoisotopic (exact) mass is 258 g/mol. The van der Waals surface area contributed by atoms with Gasteiger partial charge in [-0.15, -0.1) is 0 Å². The van der Waals surface area contributed by atoms with E-state index in [1.807, 2.05) is 6.07 Å². The fourth-order valence-corrected chi connectivity index (χ4v) is 2.77. The van der Waals surface area contributed by atoms with E-state index in [0.717, 1.165) is 24.0 Å². The number of carbonyl (C=O) groups is 1. The van der Waals surface area contributed by atoms with E-state index in [4.69, 9.17) is 4.74 Å². The molecule has 0 radical (unpaired) electrons. The van der Waals surface area contributed by atoms with Gasteiger partial charge < -0.3 is 15.0 Å². The Morgan fingerprint density at radius 1 is 1.26 bits per heavy atom. The number of H-pyrrole nitrogens is 1. The van der Waals surface area contributed by atoms with Gasteiger partial charge in [-0.05, 0) is 49.5 Å². The van der Waals surface area contributed by atoms with Crippen LogP contribution in [0.2, 0.25) is 0 Å². The second-order valence-corrected chi connectivity index (χ2v) is 5.05. The Bertz CT molecular complexity index is 597. The summed E-state index contributed by atoms with van der Waals surface area (Å²) in [6.45, 7) is 2.17. The number of methoxy groups -OCH3 is 1.